The molecule has 0 saturated heterocycles. The Labute approximate surface area is 161 Å². The van der Waals surface area contributed by atoms with Gasteiger partial charge in [0, 0.05) is 18.7 Å². The van der Waals surface area contributed by atoms with Crippen LogP contribution >= 0.6 is 11.3 Å². The van der Waals surface area contributed by atoms with Crippen molar-refractivity contribution >= 4 is 39.9 Å². The SMILES string of the molecule is O=C(O)CCCCCCNC(=O)c1ccc(NC(=O)Nc2ccccc2)s1. The van der Waals surface area contributed by atoms with Crippen molar-refractivity contribution in [1.29, 1.82) is 0 Å². The minimum atomic E-state index is -0.775. The molecule has 0 aliphatic carbocycles. The van der Waals surface area contributed by atoms with E-state index in [9.17, 15) is 14.4 Å². The number of carbonyl (C=O) groups excluding carboxylic acids is 2. The summed E-state index contributed by atoms with van der Waals surface area (Å²) in [6.45, 7) is 0.543. The first-order valence-electron chi connectivity index (χ1n) is 8.77. The molecule has 2 aromatic rings. The Hall–Kier alpha value is -2.87. The van der Waals surface area contributed by atoms with Crippen LogP contribution < -0.4 is 16.0 Å². The average molecular weight is 389 g/mol. The molecule has 8 heteroatoms. The standard InChI is InChI=1S/C19H23N3O4S/c23-17(24)10-6-1-2-7-13-20-18(25)15-11-12-16(27-15)22-19(26)21-14-8-4-3-5-9-14/h3-5,8-9,11-12H,1-2,6-7,10,13H2,(H,20,25)(H,23,24)(H2,21,22,26). The average Bonchev–Trinajstić information content (AvgIpc) is 3.09. The van der Waals surface area contributed by atoms with Crippen LogP contribution in [0.3, 0.4) is 0 Å². The van der Waals surface area contributed by atoms with Gasteiger partial charge < -0.3 is 15.7 Å². The summed E-state index contributed by atoms with van der Waals surface area (Å²) in [7, 11) is 0. The predicted molar refractivity (Wildman–Crippen MR) is 106 cm³/mol. The molecule has 1 aromatic carbocycles. The Kier molecular flexibility index (Phi) is 8.31. The van der Waals surface area contributed by atoms with Crippen molar-refractivity contribution in [2.75, 3.05) is 17.2 Å². The van der Waals surface area contributed by atoms with Gasteiger partial charge >= 0.3 is 12.0 Å². The number of carboxylic acids is 1. The first-order valence-corrected chi connectivity index (χ1v) is 9.59. The Morgan fingerprint density at radius 3 is 2.37 bits per heavy atom. The fourth-order valence-electron chi connectivity index (χ4n) is 2.37. The molecule has 144 valence electrons. The number of unbranched alkanes of at least 4 members (excludes halogenated alkanes) is 3. The smallest absolute Gasteiger partial charge is 0.324 e. The van der Waals surface area contributed by atoms with Crippen LogP contribution in [0.15, 0.2) is 42.5 Å². The lowest BCUT2D eigenvalue weighted by Crippen LogP contribution is -2.23. The van der Waals surface area contributed by atoms with Gasteiger partial charge in [0.15, 0.2) is 0 Å². The third-order valence-electron chi connectivity index (χ3n) is 3.70. The first-order chi connectivity index (χ1) is 13.0. The molecule has 2 rings (SSSR count). The molecule has 0 bridgehead atoms. The molecule has 1 aromatic heterocycles. The van der Waals surface area contributed by atoms with E-state index in [1.54, 1.807) is 24.3 Å². The zero-order chi connectivity index (χ0) is 19.5. The number of anilines is 2. The molecule has 7 nitrogen and oxygen atoms in total. The molecule has 0 saturated carbocycles. The lowest BCUT2D eigenvalue weighted by Gasteiger charge is -2.05. The number of urea groups is 1. The van der Waals surface area contributed by atoms with E-state index in [0.29, 0.717) is 28.5 Å². The quantitative estimate of drug-likeness (QED) is 0.458. The topological polar surface area (TPSA) is 108 Å². The Balaban J connectivity index is 1.67. The molecule has 0 atom stereocenters. The molecule has 4 N–H and O–H groups in total. The molecule has 0 aliphatic rings. The molecule has 1 heterocycles. The molecule has 0 spiro atoms. The largest absolute Gasteiger partial charge is 0.481 e. The normalized spacial score (nSPS) is 10.2. The molecule has 3 amide bonds. The second-order valence-corrected chi connectivity index (χ2v) is 7.01. The third kappa shape index (κ3) is 7.91. The second-order valence-electron chi connectivity index (χ2n) is 5.92. The van der Waals surface area contributed by atoms with Gasteiger partial charge in [-0.3, -0.25) is 14.9 Å². The minimum absolute atomic E-state index is 0.179. The van der Waals surface area contributed by atoms with Crippen molar-refractivity contribution in [3.63, 3.8) is 0 Å². The summed E-state index contributed by atoms with van der Waals surface area (Å²) < 4.78 is 0. The highest BCUT2D eigenvalue weighted by atomic mass is 32.1. The molecular formula is C19H23N3O4S. The maximum Gasteiger partial charge on any atom is 0.324 e. The molecule has 27 heavy (non-hydrogen) atoms. The number of amides is 3. The molecule has 0 fully saturated rings. The number of carboxylic acid groups (broad SMARTS) is 1. The lowest BCUT2D eigenvalue weighted by molar-refractivity contribution is -0.137. The summed E-state index contributed by atoms with van der Waals surface area (Å²) in [6.07, 6.45) is 3.38. The molecular weight excluding hydrogens is 366 g/mol. The summed E-state index contributed by atoms with van der Waals surface area (Å²) >= 11 is 1.21. The summed E-state index contributed by atoms with van der Waals surface area (Å²) in [5.74, 6) is -0.954. The van der Waals surface area contributed by atoms with E-state index in [1.807, 2.05) is 18.2 Å². The van der Waals surface area contributed by atoms with Crippen molar-refractivity contribution in [3.8, 4) is 0 Å². The van der Waals surface area contributed by atoms with Crippen molar-refractivity contribution < 1.29 is 19.5 Å². The number of nitrogens with one attached hydrogen (secondary N) is 3. The number of carbonyl (C=O) groups is 3. The second kappa shape index (κ2) is 11.0. The maximum atomic E-state index is 12.1. The van der Waals surface area contributed by atoms with Crippen LogP contribution in [0.5, 0.6) is 0 Å². The van der Waals surface area contributed by atoms with Crippen molar-refractivity contribution in [2.45, 2.75) is 32.1 Å². The lowest BCUT2D eigenvalue weighted by atomic mass is 10.1. The van der Waals surface area contributed by atoms with Crippen molar-refractivity contribution in [3.05, 3.63) is 47.3 Å². The fraction of sp³-hybridized carbons (Fsp3) is 0.316. The zero-order valence-corrected chi connectivity index (χ0v) is 15.7. The minimum Gasteiger partial charge on any atom is -0.481 e. The van der Waals surface area contributed by atoms with Gasteiger partial charge in [0.2, 0.25) is 0 Å². The number of benzene rings is 1. The number of hydrogen-bond donors (Lipinski definition) is 4. The highest BCUT2D eigenvalue weighted by Gasteiger charge is 2.10. The number of aliphatic carboxylic acids is 1. The van der Waals surface area contributed by atoms with Gasteiger partial charge in [-0.1, -0.05) is 31.0 Å². The molecule has 0 unspecified atom stereocenters. The van der Waals surface area contributed by atoms with E-state index in [-0.39, 0.29) is 18.4 Å². The molecule has 0 radical (unpaired) electrons. The number of rotatable bonds is 10. The fourth-order valence-corrected chi connectivity index (χ4v) is 3.18. The van der Waals surface area contributed by atoms with Gasteiger partial charge in [0.25, 0.3) is 5.91 Å². The van der Waals surface area contributed by atoms with Crippen LogP contribution in [-0.2, 0) is 4.79 Å². The van der Waals surface area contributed by atoms with Crippen LogP contribution in [0.2, 0.25) is 0 Å². The zero-order valence-electron chi connectivity index (χ0n) is 14.9. The number of para-hydroxylation sites is 1. The monoisotopic (exact) mass is 389 g/mol. The highest BCUT2D eigenvalue weighted by molar-refractivity contribution is 7.18. The van der Waals surface area contributed by atoms with Crippen LogP contribution in [0, 0.1) is 0 Å². The summed E-state index contributed by atoms with van der Waals surface area (Å²) in [4.78, 5) is 35.0. The summed E-state index contributed by atoms with van der Waals surface area (Å²) in [5.41, 5.74) is 0.688. The van der Waals surface area contributed by atoms with E-state index in [0.717, 1.165) is 19.3 Å². The third-order valence-corrected chi connectivity index (χ3v) is 4.70. The van der Waals surface area contributed by atoms with Gasteiger partial charge in [-0.25, -0.2) is 4.79 Å². The number of thiophene rings is 1. The van der Waals surface area contributed by atoms with Crippen LogP contribution in [0.1, 0.15) is 41.8 Å². The summed E-state index contributed by atoms with van der Waals surface area (Å²) in [6, 6.07) is 12.1. The maximum absolute atomic E-state index is 12.1. The van der Waals surface area contributed by atoms with E-state index < -0.39 is 5.97 Å². The van der Waals surface area contributed by atoms with Crippen molar-refractivity contribution in [1.82, 2.24) is 5.32 Å². The summed E-state index contributed by atoms with van der Waals surface area (Å²) in [5, 5.41) is 17.4. The van der Waals surface area contributed by atoms with Crippen molar-refractivity contribution in [2.24, 2.45) is 0 Å². The Morgan fingerprint density at radius 2 is 1.63 bits per heavy atom. The van der Waals surface area contributed by atoms with Gasteiger partial charge in [-0.2, -0.15) is 0 Å². The van der Waals surface area contributed by atoms with E-state index in [2.05, 4.69) is 16.0 Å². The van der Waals surface area contributed by atoms with Crippen LogP contribution in [0.4, 0.5) is 15.5 Å². The highest BCUT2D eigenvalue weighted by Crippen LogP contribution is 2.22. The Morgan fingerprint density at radius 1 is 0.889 bits per heavy atom. The van der Waals surface area contributed by atoms with E-state index >= 15 is 0 Å². The first kappa shape index (κ1) is 20.4. The van der Waals surface area contributed by atoms with Gasteiger partial charge in [-0.05, 0) is 37.1 Å². The van der Waals surface area contributed by atoms with Crippen LogP contribution in [-0.4, -0.2) is 29.6 Å². The van der Waals surface area contributed by atoms with Gasteiger partial charge in [-0.15, -0.1) is 11.3 Å². The molecule has 0 aliphatic heterocycles. The predicted octanol–water partition coefficient (Wildman–Crippen LogP) is 4.16. The number of hydrogen-bond acceptors (Lipinski definition) is 4. The van der Waals surface area contributed by atoms with E-state index in [4.69, 9.17) is 5.11 Å². The van der Waals surface area contributed by atoms with Gasteiger partial charge in [0.1, 0.15) is 0 Å². The Bertz CT molecular complexity index is 761. The van der Waals surface area contributed by atoms with Gasteiger partial charge in [0.05, 0.1) is 9.88 Å². The van der Waals surface area contributed by atoms with Crippen LogP contribution in [0.25, 0.3) is 0 Å². The van der Waals surface area contributed by atoms with E-state index in [1.165, 1.54) is 11.3 Å².